The molecular weight excluding hydrogens is 407 g/mol. The van der Waals surface area contributed by atoms with E-state index in [1.54, 1.807) is 35.2 Å². The number of aromatic nitrogens is 2. The molecule has 1 aliphatic rings. The number of phenols is 1. The average Bonchev–Trinajstić information content (AvgIpc) is 3.22. The van der Waals surface area contributed by atoms with E-state index in [0.717, 1.165) is 24.2 Å². The molecule has 7 heteroatoms. The summed E-state index contributed by atoms with van der Waals surface area (Å²) in [6.07, 6.45) is 4.78. The van der Waals surface area contributed by atoms with Crippen molar-refractivity contribution in [2.75, 3.05) is 31.1 Å². The van der Waals surface area contributed by atoms with Crippen LogP contribution in [0.1, 0.15) is 28.6 Å². The second kappa shape index (κ2) is 9.54. The normalized spacial score (nSPS) is 15.7. The number of imidazole rings is 1. The molecule has 0 saturated carbocycles. The predicted molar refractivity (Wildman–Crippen MR) is 123 cm³/mol. The second-order valence-corrected chi connectivity index (χ2v) is 8.16. The number of para-hydroxylation sites is 2. The van der Waals surface area contributed by atoms with Gasteiger partial charge >= 0.3 is 0 Å². The Labute approximate surface area is 187 Å². The van der Waals surface area contributed by atoms with Gasteiger partial charge in [-0.15, -0.1) is 6.58 Å². The Kier molecular flexibility index (Phi) is 6.58. The van der Waals surface area contributed by atoms with E-state index in [2.05, 4.69) is 16.5 Å². The van der Waals surface area contributed by atoms with E-state index in [1.165, 1.54) is 6.07 Å². The van der Waals surface area contributed by atoms with Crippen molar-refractivity contribution in [2.24, 2.45) is 7.05 Å². The Morgan fingerprint density at radius 1 is 1.12 bits per heavy atom. The van der Waals surface area contributed by atoms with Crippen molar-refractivity contribution in [3.63, 3.8) is 0 Å². The van der Waals surface area contributed by atoms with Crippen molar-refractivity contribution in [3.05, 3.63) is 89.8 Å². The highest BCUT2D eigenvalue weighted by Gasteiger charge is 2.27. The van der Waals surface area contributed by atoms with Crippen LogP contribution in [0.15, 0.2) is 61.4 Å². The van der Waals surface area contributed by atoms with Crippen LogP contribution in [0, 0.1) is 5.82 Å². The number of hydrogen-bond donors (Lipinski definition) is 2. The third-order valence-electron chi connectivity index (χ3n) is 6.07. The van der Waals surface area contributed by atoms with E-state index >= 15 is 0 Å². The first-order chi connectivity index (χ1) is 15.5. The number of nitrogens with zero attached hydrogens (tertiary/aromatic N) is 4. The van der Waals surface area contributed by atoms with Crippen LogP contribution in [0.3, 0.4) is 0 Å². The fourth-order valence-corrected chi connectivity index (χ4v) is 4.33. The maximum Gasteiger partial charge on any atom is 0.146 e. The zero-order valence-electron chi connectivity index (χ0n) is 18.3. The molecule has 0 radical (unpaired) electrons. The molecule has 4 rings (SSSR count). The summed E-state index contributed by atoms with van der Waals surface area (Å²) in [5.41, 5.74) is 2.70. The molecule has 2 aromatic carbocycles. The molecule has 2 N–H and O–H groups in total. The Morgan fingerprint density at radius 3 is 2.53 bits per heavy atom. The number of aliphatic hydroxyl groups is 1. The van der Waals surface area contributed by atoms with Gasteiger partial charge in [0.2, 0.25) is 0 Å². The summed E-state index contributed by atoms with van der Waals surface area (Å²) in [4.78, 5) is 8.47. The fourth-order valence-electron chi connectivity index (χ4n) is 4.33. The number of aliphatic hydroxyl groups excluding tert-OH is 1. The van der Waals surface area contributed by atoms with Gasteiger partial charge in [-0.25, -0.2) is 9.37 Å². The molecule has 1 saturated heterocycles. The number of benzene rings is 2. The minimum Gasteiger partial charge on any atom is -0.507 e. The molecule has 1 aromatic heterocycles. The first-order valence-electron chi connectivity index (χ1n) is 10.8. The molecule has 0 aliphatic carbocycles. The maximum absolute atomic E-state index is 14.9. The third-order valence-corrected chi connectivity index (χ3v) is 6.07. The molecule has 1 fully saturated rings. The number of phenolic OH excluding ortho intramolecular Hbond substituents is 1. The molecule has 3 aromatic rings. The summed E-state index contributed by atoms with van der Waals surface area (Å²) in [7, 11) is 1.81. The first kappa shape index (κ1) is 22.0. The lowest BCUT2D eigenvalue weighted by molar-refractivity contribution is 0.205. The zero-order valence-corrected chi connectivity index (χ0v) is 18.3. The van der Waals surface area contributed by atoms with Gasteiger partial charge in [0.05, 0.1) is 5.69 Å². The van der Waals surface area contributed by atoms with Gasteiger partial charge in [0.25, 0.3) is 0 Å². The number of aromatic hydroxyl groups is 1. The van der Waals surface area contributed by atoms with Gasteiger partial charge in [0, 0.05) is 63.3 Å². The number of halogens is 1. The summed E-state index contributed by atoms with van der Waals surface area (Å²) in [6.45, 7) is 7.05. The van der Waals surface area contributed by atoms with Crippen molar-refractivity contribution in [3.8, 4) is 5.75 Å². The summed E-state index contributed by atoms with van der Waals surface area (Å²) in [5.74, 6) is 0.453. The highest BCUT2D eigenvalue weighted by molar-refractivity contribution is 5.57. The maximum atomic E-state index is 14.9. The minimum absolute atomic E-state index is 0.324. The molecule has 2 heterocycles. The lowest BCUT2D eigenvalue weighted by Gasteiger charge is -2.37. The highest BCUT2D eigenvalue weighted by atomic mass is 19.1. The predicted octanol–water partition coefficient (Wildman–Crippen LogP) is 3.40. The molecular formula is C25H29FN4O2. The van der Waals surface area contributed by atoms with E-state index in [9.17, 15) is 14.6 Å². The molecule has 1 aliphatic heterocycles. The van der Waals surface area contributed by atoms with Crippen LogP contribution in [0.25, 0.3) is 0 Å². The van der Waals surface area contributed by atoms with Crippen LogP contribution >= 0.6 is 0 Å². The monoisotopic (exact) mass is 436 g/mol. The third kappa shape index (κ3) is 4.40. The van der Waals surface area contributed by atoms with Crippen molar-refractivity contribution in [1.82, 2.24) is 14.5 Å². The number of aryl methyl sites for hydroxylation is 1. The Balaban J connectivity index is 1.49. The number of piperazine rings is 1. The van der Waals surface area contributed by atoms with E-state index < -0.39 is 6.10 Å². The first-order valence-corrected chi connectivity index (χ1v) is 10.8. The van der Waals surface area contributed by atoms with Crippen LogP contribution in [-0.2, 0) is 20.0 Å². The molecule has 0 bridgehead atoms. The standard InChI is InChI=1S/C25H29FN4O2/c1-3-6-18-7-4-8-19(23(18)31)17-29-13-15-30(16-14-29)22-20(9-5-10-21(22)26)24(32)25-27-11-12-28(25)2/h3-5,7-12,24,31-32H,1,6,13-17H2,2H3/t24-/m0/s1. The Hall–Kier alpha value is -3.16. The molecule has 0 amide bonds. The van der Waals surface area contributed by atoms with Crippen molar-refractivity contribution in [2.45, 2.75) is 19.1 Å². The van der Waals surface area contributed by atoms with Gasteiger partial charge in [0.15, 0.2) is 0 Å². The number of anilines is 1. The van der Waals surface area contributed by atoms with Gasteiger partial charge in [-0.2, -0.15) is 0 Å². The van der Waals surface area contributed by atoms with Gasteiger partial charge < -0.3 is 19.7 Å². The van der Waals surface area contributed by atoms with Crippen molar-refractivity contribution in [1.29, 1.82) is 0 Å². The van der Waals surface area contributed by atoms with Crippen molar-refractivity contribution >= 4 is 5.69 Å². The summed E-state index contributed by atoms with van der Waals surface area (Å²) >= 11 is 0. The van der Waals surface area contributed by atoms with E-state index in [1.807, 2.05) is 30.1 Å². The summed E-state index contributed by atoms with van der Waals surface area (Å²) in [5, 5.41) is 21.5. The smallest absolute Gasteiger partial charge is 0.146 e. The number of hydrogen-bond acceptors (Lipinski definition) is 5. The van der Waals surface area contributed by atoms with Crippen LogP contribution in [0.4, 0.5) is 10.1 Å². The molecule has 6 nitrogen and oxygen atoms in total. The van der Waals surface area contributed by atoms with Gasteiger partial charge in [-0.1, -0.05) is 36.4 Å². The SMILES string of the molecule is C=CCc1cccc(CN2CCN(c3c(F)cccc3[C@H](O)c3nccn3C)CC2)c1O. The topological polar surface area (TPSA) is 64.8 Å². The molecule has 32 heavy (non-hydrogen) atoms. The lowest BCUT2D eigenvalue weighted by Crippen LogP contribution is -2.46. The van der Waals surface area contributed by atoms with Crippen LogP contribution in [0.2, 0.25) is 0 Å². The van der Waals surface area contributed by atoms with E-state index in [4.69, 9.17) is 0 Å². The quantitative estimate of drug-likeness (QED) is 0.556. The van der Waals surface area contributed by atoms with Gasteiger partial charge in [-0.05, 0) is 18.1 Å². The second-order valence-electron chi connectivity index (χ2n) is 8.16. The highest BCUT2D eigenvalue weighted by Crippen LogP contribution is 2.33. The van der Waals surface area contributed by atoms with E-state index in [-0.39, 0.29) is 5.82 Å². The van der Waals surface area contributed by atoms with Crippen LogP contribution < -0.4 is 4.90 Å². The van der Waals surface area contributed by atoms with Crippen molar-refractivity contribution < 1.29 is 14.6 Å². The Morgan fingerprint density at radius 2 is 1.84 bits per heavy atom. The zero-order chi connectivity index (χ0) is 22.7. The minimum atomic E-state index is -1.01. The van der Waals surface area contributed by atoms with E-state index in [0.29, 0.717) is 48.9 Å². The molecule has 0 spiro atoms. The van der Waals surface area contributed by atoms with Gasteiger partial charge in [0.1, 0.15) is 23.5 Å². The lowest BCUT2D eigenvalue weighted by atomic mass is 10.0. The van der Waals surface area contributed by atoms with Crippen LogP contribution in [-0.4, -0.2) is 50.8 Å². The molecule has 1 atom stereocenters. The number of rotatable bonds is 7. The fraction of sp³-hybridized carbons (Fsp3) is 0.320. The summed E-state index contributed by atoms with van der Waals surface area (Å²) in [6, 6.07) is 10.6. The average molecular weight is 437 g/mol. The summed E-state index contributed by atoms with van der Waals surface area (Å²) < 4.78 is 16.7. The molecule has 168 valence electrons. The van der Waals surface area contributed by atoms with Gasteiger partial charge in [-0.3, -0.25) is 4.90 Å². The Bertz CT molecular complexity index is 1090. The van der Waals surface area contributed by atoms with Crippen LogP contribution in [0.5, 0.6) is 5.75 Å². The number of allylic oxidation sites excluding steroid dienone is 1. The molecule has 0 unspecified atom stereocenters. The largest absolute Gasteiger partial charge is 0.507 e.